The van der Waals surface area contributed by atoms with Gasteiger partial charge in [0.25, 0.3) is 0 Å². The minimum absolute atomic E-state index is 0.278. The molecular weight excluding hydrogens is 510 g/mol. The molecule has 0 N–H and O–H groups in total. The fraction of sp³-hybridized carbons (Fsp3) is 0.0513. The van der Waals surface area contributed by atoms with Crippen molar-refractivity contribution in [1.29, 1.82) is 0 Å². The molecule has 3 aromatic heterocycles. The van der Waals surface area contributed by atoms with E-state index in [4.69, 9.17) is 4.98 Å². The van der Waals surface area contributed by atoms with Gasteiger partial charge in [0.05, 0.1) is 28.3 Å². The van der Waals surface area contributed by atoms with Crippen molar-refractivity contribution in [3.05, 3.63) is 146 Å². The van der Waals surface area contributed by atoms with Gasteiger partial charge < -0.3 is 4.57 Å². The van der Waals surface area contributed by atoms with E-state index in [0.717, 1.165) is 23.5 Å². The van der Waals surface area contributed by atoms with Crippen LogP contribution in [0, 0.1) is 0 Å². The largest absolute Gasteiger partial charge is 0.333 e. The van der Waals surface area contributed by atoms with Crippen LogP contribution in [0.15, 0.2) is 146 Å². The van der Waals surface area contributed by atoms with Crippen LogP contribution >= 0.6 is 0 Å². The Kier molecular flexibility index (Phi) is 5.02. The van der Waals surface area contributed by atoms with Gasteiger partial charge in [-0.3, -0.25) is 4.57 Å². The lowest BCUT2D eigenvalue weighted by Gasteiger charge is -2.18. The maximum absolute atomic E-state index is 5.36. The molecule has 1 aliphatic carbocycles. The molecule has 9 rings (SSSR count). The van der Waals surface area contributed by atoms with Crippen molar-refractivity contribution < 1.29 is 0 Å². The average molecular weight is 538 g/mol. The Bertz CT molecular complexity index is 2390. The van der Waals surface area contributed by atoms with Crippen LogP contribution in [0.3, 0.4) is 0 Å². The average Bonchev–Trinajstić information content (AvgIpc) is 3.58. The van der Waals surface area contributed by atoms with Gasteiger partial charge in [-0.25, -0.2) is 4.98 Å². The normalized spacial score (nSPS) is 15.1. The second kappa shape index (κ2) is 9.05. The molecule has 0 fully saturated rings. The molecule has 42 heavy (non-hydrogen) atoms. The zero-order valence-electron chi connectivity index (χ0n) is 23.0. The molecule has 3 heteroatoms. The van der Waals surface area contributed by atoms with Crippen LogP contribution in [0.25, 0.3) is 71.5 Å². The number of hydrogen-bond acceptors (Lipinski definition) is 1. The molecule has 5 aromatic carbocycles. The summed E-state index contributed by atoms with van der Waals surface area (Å²) >= 11 is 0. The summed E-state index contributed by atoms with van der Waals surface area (Å²) < 4.78 is 4.90. The molecule has 0 bridgehead atoms. The minimum Gasteiger partial charge on any atom is -0.333 e. The molecular formula is C39H27N3. The highest BCUT2D eigenvalue weighted by Gasteiger charge is 2.23. The van der Waals surface area contributed by atoms with Crippen molar-refractivity contribution in [2.24, 2.45) is 0 Å². The quantitative estimate of drug-likeness (QED) is 0.220. The summed E-state index contributed by atoms with van der Waals surface area (Å²) in [6.07, 6.45) is 9.90. The van der Waals surface area contributed by atoms with E-state index in [0.29, 0.717) is 0 Å². The Hall–Kier alpha value is -5.41. The number of para-hydroxylation sites is 2. The maximum Gasteiger partial charge on any atom is 0.138 e. The summed E-state index contributed by atoms with van der Waals surface area (Å²) in [5.41, 5.74) is 7.02. The Labute approximate surface area is 243 Å². The molecule has 8 aromatic rings. The van der Waals surface area contributed by atoms with Gasteiger partial charge in [0.1, 0.15) is 5.82 Å². The van der Waals surface area contributed by atoms with Gasteiger partial charge in [0.15, 0.2) is 0 Å². The Morgan fingerprint density at radius 3 is 2.21 bits per heavy atom. The molecule has 0 radical (unpaired) electrons. The molecule has 0 saturated heterocycles. The number of nitrogens with zero attached hydrogens (tertiary/aromatic N) is 3. The number of aromatic nitrogens is 3. The van der Waals surface area contributed by atoms with Crippen molar-refractivity contribution in [3.8, 4) is 17.1 Å². The van der Waals surface area contributed by atoms with Crippen molar-refractivity contribution in [2.45, 2.75) is 12.5 Å². The van der Waals surface area contributed by atoms with Crippen LogP contribution in [0.5, 0.6) is 0 Å². The highest BCUT2D eigenvalue weighted by atomic mass is 15.1. The summed E-state index contributed by atoms with van der Waals surface area (Å²) in [4.78, 5) is 5.36. The first-order valence-corrected chi connectivity index (χ1v) is 14.6. The third kappa shape index (κ3) is 3.31. The third-order valence-electron chi connectivity index (χ3n) is 8.83. The zero-order chi connectivity index (χ0) is 27.6. The fourth-order valence-electron chi connectivity index (χ4n) is 7.04. The van der Waals surface area contributed by atoms with E-state index in [1.807, 2.05) is 0 Å². The molecule has 0 amide bonds. The first-order chi connectivity index (χ1) is 20.9. The number of hydrogen-bond donors (Lipinski definition) is 0. The zero-order valence-corrected chi connectivity index (χ0v) is 23.0. The monoisotopic (exact) mass is 537 g/mol. The van der Waals surface area contributed by atoms with Crippen molar-refractivity contribution in [3.63, 3.8) is 0 Å². The van der Waals surface area contributed by atoms with E-state index in [1.165, 1.54) is 54.4 Å². The van der Waals surface area contributed by atoms with Crippen LogP contribution in [0.1, 0.15) is 12.5 Å². The van der Waals surface area contributed by atoms with E-state index in [1.54, 1.807) is 0 Å². The number of pyridine rings is 1. The topological polar surface area (TPSA) is 22.8 Å². The molecule has 3 heterocycles. The van der Waals surface area contributed by atoms with Crippen molar-refractivity contribution in [2.75, 3.05) is 0 Å². The number of benzene rings is 5. The van der Waals surface area contributed by atoms with E-state index in [2.05, 4.69) is 155 Å². The van der Waals surface area contributed by atoms with Crippen LogP contribution in [-0.2, 0) is 0 Å². The van der Waals surface area contributed by atoms with Crippen molar-refractivity contribution >= 4 is 54.4 Å². The van der Waals surface area contributed by atoms with Gasteiger partial charge in [0.2, 0.25) is 0 Å². The van der Waals surface area contributed by atoms with Gasteiger partial charge in [-0.05, 0) is 47.5 Å². The summed E-state index contributed by atoms with van der Waals surface area (Å²) in [7, 11) is 0. The molecule has 1 unspecified atom stereocenters. The summed E-state index contributed by atoms with van der Waals surface area (Å²) in [6.45, 7) is 0. The molecule has 0 spiro atoms. The van der Waals surface area contributed by atoms with Crippen LogP contribution in [0.4, 0.5) is 0 Å². The molecule has 3 nitrogen and oxygen atoms in total. The lowest BCUT2D eigenvalue weighted by atomic mass is 10.0. The van der Waals surface area contributed by atoms with E-state index in [-0.39, 0.29) is 6.04 Å². The molecule has 1 aliphatic rings. The van der Waals surface area contributed by atoms with E-state index < -0.39 is 0 Å². The highest BCUT2D eigenvalue weighted by Crippen LogP contribution is 2.42. The Balaban J connectivity index is 1.40. The summed E-state index contributed by atoms with van der Waals surface area (Å²) in [5, 5.41) is 7.48. The fourth-order valence-corrected chi connectivity index (χ4v) is 7.04. The summed E-state index contributed by atoms with van der Waals surface area (Å²) in [5.74, 6) is 0.927. The lowest BCUT2D eigenvalue weighted by molar-refractivity contribution is 0.648. The third-order valence-corrected chi connectivity index (χ3v) is 8.83. The second-order valence-electron chi connectivity index (χ2n) is 11.1. The molecule has 198 valence electrons. The Morgan fingerprint density at radius 1 is 0.571 bits per heavy atom. The predicted molar refractivity (Wildman–Crippen MR) is 176 cm³/mol. The SMILES string of the molecule is C1=CCC(n2c3ccccc3c3c4c(ccc32)c2ccccc2n4-c2cccc(-c3cccc4ccccc34)n2)C=C1. The van der Waals surface area contributed by atoms with Crippen molar-refractivity contribution in [1.82, 2.24) is 14.1 Å². The second-order valence-corrected chi connectivity index (χ2v) is 11.1. The van der Waals surface area contributed by atoms with Gasteiger partial charge in [-0.1, -0.05) is 115 Å². The van der Waals surface area contributed by atoms with Gasteiger partial charge in [-0.15, -0.1) is 0 Å². The van der Waals surface area contributed by atoms with E-state index >= 15 is 0 Å². The van der Waals surface area contributed by atoms with Gasteiger partial charge in [0, 0.05) is 32.6 Å². The lowest BCUT2D eigenvalue weighted by Crippen LogP contribution is -2.06. The molecule has 1 atom stereocenters. The van der Waals surface area contributed by atoms with Gasteiger partial charge in [-0.2, -0.15) is 0 Å². The van der Waals surface area contributed by atoms with Crippen LogP contribution < -0.4 is 0 Å². The first-order valence-electron chi connectivity index (χ1n) is 14.6. The standard InChI is InChI=1S/C39H27N3/c1-2-14-27(15-3-1)41-35-22-9-7-18-32(35)38-36(41)25-24-31-30-17-6-8-21-34(30)42(39(31)38)37-23-11-20-33(40-37)29-19-10-13-26-12-4-5-16-28(26)29/h1-14,16-25,27H,15H2. The maximum atomic E-state index is 5.36. The van der Waals surface area contributed by atoms with Crippen LogP contribution in [-0.4, -0.2) is 14.1 Å². The first kappa shape index (κ1) is 23.3. The molecule has 0 aliphatic heterocycles. The van der Waals surface area contributed by atoms with E-state index in [9.17, 15) is 0 Å². The predicted octanol–water partition coefficient (Wildman–Crippen LogP) is 10.2. The minimum atomic E-state index is 0.278. The number of allylic oxidation sites excluding steroid dienone is 4. The summed E-state index contributed by atoms with van der Waals surface area (Å²) in [6, 6.07) is 43.9. The number of rotatable bonds is 3. The number of fused-ring (bicyclic) bond motifs is 8. The van der Waals surface area contributed by atoms with Gasteiger partial charge >= 0.3 is 0 Å². The molecule has 0 saturated carbocycles. The van der Waals surface area contributed by atoms with Crippen LogP contribution in [0.2, 0.25) is 0 Å². The highest BCUT2D eigenvalue weighted by molar-refractivity contribution is 6.25. The smallest absolute Gasteiger partial charge is 0.138 e. The Morgan fingerprint density at radius 2 is 1.33 bits per heavy atom.